The molecule has 0 fully saturated rings. The first-order valence-corrected chi connectivity index (χ1v) is 15.4. The highest BCUT2D eigenvalue weighted by atomic mass is 16.6. The van der Waals surface area contributed by atoms with Crippen molar-refractivity contribution in [3.8, 4) is 5.75 Å². The van der Waals surface area contributed by atoms with E-state index in [1.807, 2.05) is 87.7 Å². The van der Waals surface area contributed by atoms with E-state index in [1.165, 1.54) is 5.69 Å². The Morgan fingerprint density at radius 2 is 1.31 bits per heavy atom. The first-order valence-electron chi connectivity index (χ1n) is 15.4. The molecule has 4 aromatic carbocycles. The standard InChI is InChI=1S/C39H43N3O3/c1-8-42(9-2)32-20-14-29(15-21-32)35(28-12-18-31(19-13-28)40(3)4)11-10-26-39(30-16-23-34(44-7)24-17-30)37-25-22-33(41(5)6)27-36(37)38(43)45-39/h10-27H,8-9H2,1-7H3. The van der Waals surface area contributed by atoms with Crippen LogP contribution >= 0.6 is 0 Å². The zero-order valence-electron chi connectivity index (χ0n) is 27.4. The normalized spacial score (nSPS) is 16.0. The Balaban J connectivity index is 1.63. The lowest BCUT2D eigenvalue weighted by Gasteiger charge is -2.26. The molecule has 0 saturated heterocycles. The summed E-state index contributed by atoms with van der Waals surface area (Å²) in [6.07, 6.45) is 6.12. The number of methoxy groups -OCH3 is 1. The van der Waals surface area contributed by atoms with Gasteiger partial charge in [-0.25, -0.2) is 4.79 Å². The third-order valence-electron chi connectivity index (χ3n) is 8.51. The van der Waals surface area contributed by atoms with E-state index in [1.54, 1.807) is 7.11 Å². The molecule has 1 unspecified atom stereocenters. The summed E-state index contributed by atoms with van der Waals surface area (Å²) in [5, 5.41) is 0. The van der Waals surface area contributed by atoms with E-state index in [9.17, 15) is 4.79 Å². The van der Waals surface area contributed by atoms with Crippen LogP contribution < -0.4 is 19.4 Å². The maximum Gasteiger partial charge on any atom is 0.340 e. The minimum Gasteiger partial charge on any atom is -0.497 e. The Hall–Kier alpha value is -4.97. The number of ether oxygens (including phenoxy) is 2. The van der Waals surface area contributed by atoms with Gasteiger partial charge in [0.15, 0.2) is 5.60 Å². The molecule has 0 radical (unpaired) electrons. The van der Waals surface area contributed by atoms with Gasteiger partial charge in [-0.15, -0.1) is 0 Å². The van der Waals surface area contributed by atoms with Crippen molar-refractivity contribution < 1.29 is 14.3 Å². The number of benzene rings is 4. The maximum atomic E-state index is 13.4. The average molecular weight is 602 g/mol. The van der Waals surface area contributed by atoms with Crippen LogP contribution in [-0.2, 0) is 10.3 Å². The lowest BCUT2D eigenvalue weighted by molar-refractivity contribution is 0.0275. The van der Waals surface area contributed by atoms with Gasteiger partial charge in [-0.1, -0.05) is 54.6 Å². The molecule has 0 aliphatic carbocycles. The Bertz CT molecular complexity index is 1680. The smallest absolute Gasteiger partial charge is 0.340 e. The first kappa shape index (κ1) is 31.5. The highest BCUT2D eigenvalue weighted by Gasteiger charge is 2.45. The number of hydrogen-bond donors (Lipinski definition) is 0. The molecule has 0 amide bonds. The van der Waals surface area contributed by atoms with Gasteiger partial charge < -0.3 is 24.2 Å². The topological polar surface area (TPSA) is 45.3 Å². The second kappa shape index (κ2) is 13.3. The molecule has 45 heavy (non-hydrogen) atoms. The van der Waals surface area contributed by atoms with E-state index < -0.39 is 5.60 Å². The lowest BCUT2D eigenvalue weighted by Crippen LogP contribution is -2.25. The third-order valence-corrected chi connectivity index (χ3v) is 8.51. The van der Waals surface area contributed by atoms with Crippen molar-refractivity contribution in [3.05, 3.63) is 137 Å². The molecule has 1 aliphatic heterocycles. The molecule has 0 bridgehead atoms. The molecule has 0 saturated carbocycles. The molecule has 232 valence electrons. The van der Waals surface area contributed by atoms with Crippen molar-refractivity contribution in [3.63, 3.8) is 0 Å². The van der Waals surface area contributed by atoms with Gasteiger partial charge >= 0.3 is 5.97 Å². The summed E-state index contributed by atoms with van der Waals surface area (Å²) >= 11 is 0. The molecule has 6 heteroatoms. The summed E-state index contributed by atoms with van der Waals surface area (Å²) < 4.78 is 11.7. The highest BCUT2D eigenvalue weighted by Crippen LogP contribution is 2.45. The molecule has 1 atom stereocenters. The quantitative estimate of drug-likeness (QED) is 0.129. The Morgan fingerprint density at radius 3 is 1.84 bits per heavy atom. The highest BCUT2D eigenvalue weighted by molar-refractivity contribution is 5.97. The van der Waals surface area contributed by atoms with Gasteiger partial charge in [-0.05, 0) is 85.2 Å². The fourth-order valence-electron chi connectivity index (χ4n) is 5.85. The van der Waals surface area contributed by atoms with Gasteiger partial charge in [-0.3, -0.25) is 0 Å². The van der Waals surface area contributed by atoms with Gasteiger partial charge in [0.2, 0.25) is 0 Å². The number of nitrogens with zero attached hydrogens (tertiary/aromatic N) is 3. The van der Waals surface area contributed by atoms with Gasteiger partial charge in [0.1, 0.15) is 5.75 Å². The molecular formula is C39H43N3O3. The molecule has 0 N–H and O–H groups in total. The predicted octanol–water partition coefficient (Wildman–Crippen LogP) is 7.78. The van der Waals surface area contributed by atoms with Crippen molar-refractivity contribution >= 4 is 28.6 Å². The number of hydrogen-bond acceptors (Lipinski definition) is 6. The number of esters is 1. The van der Waals surface area contributed by atoms with Crippen LogP contribution in [0.15, 0.2) is 109 Å². The van der Waals surface area contributed by atoms with Crippen LogP contribution in [0.5, 0.6) is 5.75 Å². The second-order valence-electron chi connectivity index (χ2n) is 11.6. The number of anilines is 3. The zero-order valence-corrected chi connectivity index (χ0v) is 27.4. The molecule has 5 rings (SSSR count). The number of cyclic esters (lactones) is 1. The Kier molecular flexibility index (Phi) is 9.33. The second-order valence-corrected chi connectivity index (χ2v) is 11.6. The summed E-state index contributed by atoms with van der Waals surface area (Å²) in [6.45, 7) is 6.26. The van der Waals surface area contributed by atoms with E-state index >= 15 is 0 Å². The number of allylic oxidation sites excluding steroid dienone is 2. The van der Waals surface area contributed by atoms with E-state index in [-0.39, 0.29) is 5.97 Å². The monoisotopic (exact) mass is 601 g/mol. The van der Waals surface area contributed by atoms with E-state index in [0.29, 0.717) is 5.56 Å². The first-order chi connectivity index (χ1) is 21.7. The summed E-state index contributed by atoms with van der Waals surface area (Å²) in [5.74, 6) is 0.395. The maximum absolute atomic E-state index is 13.4. The predicted molar refractivity (Wildman–Crippen MR) is 187 cm³/mol. The largest absolute Gasteiger partial charge is 0.497 e. The van der Waals surface area contributed by atoms with Crippen molar-refractivity contribution in [2.45, 2.75) is 19.4 Å². The summed E-state index contributed by atoms with van der Waals surface area (Å²) in [5.41, 5.74) is 7.68. The van der Waals surface area contributed by atoms with Gasteiger partial charge in [-0.2, -0.15) is 0 Å². The van der Waals surface area contributed by atoms with E-state index in [2.05, 4.69) is 78.3 Å². The molecule has 4 aromatic rings. The Labute approximate surface area is 267 Å². The zero-order chi connectivity index (χ0) is 32.1. The van der Waals surface area contributed by atoms with E-state index in [4.69, 9.17) is 9.47 Å². The van der Waals surface area contributed by atoms with Crippen molar-refractivity contribution in [2.75, 3.05) is 63.1 Å². The lowest BCUT2D eigenvalue weighted by atomic mass is 9.84. The van der Waals surface area contributed by atoms with Crippen LogP contribution in [0.1, 0.15) is 46.5 Å². The number of carbonyl (C=O) groups is 1. The Morgan fingerprint density at radius 1 is 0.756 bits per heavy atom. The number of rotatable bonds is 11. The van der Waals surface area contributed by atoms with Gasteiger partial charge in [0.05, 0.1) is 12.7 Å². The van der Waals surface area contributed by atoms with Gasteiger partial charge in [0, 0.05) is 69.5 Å². The van der Waals surface area contributed by atoms with Crippen molar-refractivity contribution in [1.82, 2.24) is 0 Å². The van der Waals surface area contributed by atoms with E-state index in [0.717, 1.165) is 58.0 Å². The number of fused-ring (bicyclic) bond motifs is 1. The SMILES string of the molecule is CCN(CC)c1ccc(C(=CC=CC2(c3ccc(OC)cc3)OC(=O)c3cc(N(C)C)ccc32)c2ccc(N(C)C)cc2)cc1. The fourth-order valence-corrected chi connectivity index (χ4v) is 5.85. The minimum atomic E-state index is -1.09. The van der Waals surface area contributed by atoms with Crippen LogP contribution in [0, 0.1) is 0 Å². The molecule has 0 spiro atoms. The molecule has 6 nitrogen and oxygen atoms in total. The summed E-state index contributed by atoms with van der Waals surface area (Å²) in [7, 11) is 9.65. The summed E-state index contributed by atoms with van der Waals surface area (Å²) in [4.78, 5) is 19.8. The van der Waals surface area contributed by atoms with Crippen molar-refractivity contribution in [1.29, 1.82) is 0 Å². The molecule has 1 heterocycles. The summed E-state index contributed by atoms with van der Waals surface area (Å²) in [6, 6.07) is 31.0. The average Bonchev–Trinajstić information content (AvgIpc) is 3.35. The van der Waals surface area contributed by atoms with Crippen LogP contribution in [0.3, 0.4) is 0 Å². The minimum absolute atomic E-state index is 0.343. The fraction of sp³-hybridized carbons (Fsp3) is 0.256. The van der Waals surface area contributed by atoms with Crippen molar-refractivity contribution in [2.24, 2.45) is 0 Å². The van der Waals surface area contributed by atoms with Gasteiger partial charge in [0.25, 0.3) is 0 Å². The van der Waals surface area contributed by atoms with Crippen LogP contribution in [0.4, 0.5) is 17.1 Å². The third kappa shape index (κ3) is 6.32. The molecule has 0 aromatic heterocycles. The number of carbonyl (C=O) groups excluding carboxylic acids is 1. The van der Waals surface area contributed by atoms with Crippen LogP contribution in [-0.4, -0.2) is 54.4 Å². The molecular weight excluding hydrogens is 558 g/mol. The molecule has 1 aliphatic rings. The van der Waals surface area contributed by atoms with Crippen LogP contribution in [0.2, 0.25) is 0 Å². The van der Waals surface area contributed by atoms with Crippen LogP contribution in [0.25, 0.3) is 5.57 Å².